The van der Waals surface area contributed by atoms with Crippen LogP contribution in [0.5, 0.6) is 0 Å². The highest BCUT2D eigenvalue weighted by Gasteiger charge is 2.10. The molecule has 0 aliphatic rings. The first-order valence-electron chi connectivity index (χ1n) is 5.79. The van der Waals surface area contributed by atoms with Crippen molar-refractivity contribution < 1.29 is 4.79 Å². The minimum absolute atomic E-state index is 0.0181. The molecule has 3 N–H and O–H groups in total. The number of amides is 1. The Labute approximate surface area is 120 Å². The molecule has 2 heterocycles. The maximum atomic E-state index is 11.9. The Morgan fingerprint density at radius 2 is 2.32 bits per heavy atom. The molecule has 0 atom stereocenters. The molecular formula is C14H14N2OS2. The number of aryl methyl sites for hydroxylation is 1. The van der Waals surface area contributed by atoms with Gasteiger partial charge in [-0.15, -0.1) is 22.7 Å². The summed E-state index contributed by atoms with van der Waals surface area (Å²) < 4.78 is 0. The van der Waals surface area contributed by atoms with Crippen LogP contribution in [0.15, 0.2) is 22.9 Å². The van der Waals surface area contributed by atoms with E-state index in [0.717, 1.165) is 20.9 Å². The molecule has 2 aromatic rings. The second-order valence-electron chi connectivity index (χ2n) is 3.92. The van der Waals surface area contributed by atoms with Crippen LogP contribution in [0.2, 0.25) is 0 Å². The smallest absolute Gasteiger partial charge is 0.261 e. The lowest BCUT2D eigenvalue weighted by molar-refractivity contribution is 0.0955. The van der Waals surface area contributed by atoms with Gasteiger partial charge in [-0.05, 0) is 30.0 Å². The minimum Gasteiger partial charge on any atom is -0.346 e. The number of nitrogens with two attached hydrogens (primary N) is 1. The largest absolute Gasteiger partial charge is 0.346 e. The third-order valence-corrected chi connectivity index (χ3v) is 4.43. The zero-order valence-electron chi connectivity index (χ0n) is 10.5. The number of carbonyl (C=O) groups is 1. The van der Waals surface area contributed by atoms with E-state index in [2.05, 4.69) is 17.2 Å². The number of nitrogens with one attached hydrogen (secondary N) is 1. The summed E-state index contributed by atoms with van der Waals surface area (Å²) in [6.07, 6.45) is 0. The predicted molar refractivity (Wildman–Crippen MR) is 80.5 cm³/mol. The molecule has 2 rings (SSSR count). The van der Waals surface area contributed by atoms with Crippen LogP contribution >= 0.6 is 22.7 Å². The third kappa shape index (κ3) is 3.67. The van der Waals surface area contributed by atoms with Gasteiger partial charge in [-0.1, -0.05) is 11.8 Å². The molecule has 0 fully saturated rings. The molecule has 2 aromatic heterocycles. The van der Waals surface area contributed by atoms with Crippen LogP contribution in [0.3, 0.4) is 0 Å². The number of hydrogen-bond acceptors (Lipinski definition) is 4. The number of rotatable bonds is 3. The first-order chi connectivity index (χ1) is 9.20. The van der Waals surface area contributed by atoms with Crippen LogP contribution in [0, 0.1) is 18.8 Å². The standard InChI is InChI=1S/C14H14N2OS2/c1-10-4-6-18-13(10)14(17)16-8-12-7-11(9-19-12)3-2-5-15/h4,6-7,9H,5,8,15H2,1H3,(H,16,17). The van der Waals surface area contributed by atoms with E-state index < -0.39 is 0 Å². The van der Waals surface area contributed by atoms with Gasteiger partial charge in [0.25, 0.3) is 5.91 Å². The second-order valence-corrected chi connectivity index (χ2v) is 5.83. The summed E-state index contributed by atoms with van der Waals surface area (Å²) in [7, 11) is 0. The number of thiophene rings is 2. The maximum Gasteiger partial charge on any atom is 0.261 e. The van der Waals surface area contributed by atoms with E-state index in [9.17, 15) is 4.79 Å². The highest BCUT2D eigenvalue weighted by Crippen LogP contribution is 2.17. The average Bonchev–Trinajstić information content (AvgIpc) is 3.02. The molecule has 0 spiro atoms. The fraction of sp³-hybridized carbons (Fsp3) is 0.214. The van der Waals surface area contributed by atoms with E-state index in [4.69, 9.17) is 5.73 Å². The van der Waals surface area contributed by atoms with Gasteiger partial charge in [0, 0.05) is 15.8 Å². The van der Waals surface area contributed by atoms with Crippen molar-refractivity contribution >= 4 is 28.6 Å². The predicted octanol–water partition coefficient (Wildman–Crippen LogP) is 2.36. The molecule has 98 valence electrons. The molecule has 3 nitrogen and oxygen atoms in total. The molecule has 0 aliphatic carbocycles. The van der Waals surface area contributed by atoms with Crippen molar-refractivity contribution in [1.29, 1.82) is 0 Å². The van der Waals surface area contributed by atoms with Gasteiger partial charge in [0.2, 0.25) is 0 Å². The van der Waals surface area contributed by atoms with Crippen molar-refractivity contribution in [2.24, 2.45) is 5.73 Å². The summed E-state index contributed by atoms with van der Waals surface area (Å²) >= 11 is 3.05. The summed E-state index contributed by atoms with van der Waals surface area (Å²) in [5.41, 5.74) is 7.29. The Bertz CT molecular complexity index is 631. The Balaban J connectivity index is 1.94. The normalized spacial score (nSPS) is 9.79. The van der Waals surface area contributed by atoms with Crippen LogP contribution in [0.4, 0.5) is 0 Å². The van der Waals surface area contributed by atoms with E-state index in [1.54, 1.807) is 11.3 Å². The van der Waals surface area contributed by atoms with Crippen molar-refractivity contribution in [1.82, 2.24) is 5.32 Å². The lowest BCUT2D eigenvalue weighted by Gasteiger charge is -2.02. The Morgan fingerprint density at radius 1 is 1.47 bits per heavy atom. The van der Waals surface area contributed by atoms with Crippen LogP contribution in [-0.2, 0) is 6.54 Å². The summed E-state index contributed by atoms with van der Waals surface area (Å²) in [5, 5.41) is 6.82. The van der Waals surface area contributed by atoms with Gasteiger partial charge in [-0.2, -0.15) is 0 Å². The van der Waals surface area contributed by atoms with E-state index in [1.807, 2.05) is 29.8 Å². The van der Waals surface area contributed by atoms with Crippen LogP contribution in [0.1, 0.15) is 25.7 Å². The van der Waals surface area contributed by atoms with Gasteiger partial charge < -0.3 is 11.1 Å². The molecule has 19 heavy (non-hydrogen) atoms. The Morgan fingerprint density at radius 3 is 3.00 bits per heavy atom. The summed E-state index contributed by atoms with van der Waals surface area (Å²) in [5.74, 6) is 5.77. The van der Waals surface area contributed by atoms with Crippen LogP contribution in [0.25, 0.3) is 0 Å². The molecule has 0 bridgehead atoms. The van der Waals surface area contributed by atoms with Crippen LogP contribution < -0.4 is 11.1 Å². The minimum atomic E-state index is -0.0181. The summed E-state index contributed by atoms with van der Waals surface area (Å²) in [6.45, 7) is 2.84. The van der Waals surface area contributed by atoms with Gasteiger partial charge in [-0.25, -0.2) is 0 Å². The fourth-order valence-electron chi connectivity index (χ4n) is 1.55. The lowest BCUT2D eigenvalue weighted by atomic mass is 10.3. The molecule has 0 unspecified atom stereocenters. The molecule has 0 aromatic carbocycles. The second kappa shape index (κ2) is 6.53. The van der Waals surface area contributed by atoms with Crippen molar-refractivity contribution in [3.63, 3.8) is 0 Å². The summed E-state index contributed by atoms with van der Waals surface area (Å²) in [6, 6.07) is 3.93. The zero-order valence-corrected chi connectivity index (χ0v) is 12.2. The van der Waals surface area contributed by atoms with E-state index in [0.29, 0.717) is 13.1 Å². The van der Waals surface area contributed by atoms with E-state index in [-0.39, 0.29) is 5.91 Å². The topological polar surface area (TPSA) is 55.1 Å². The van der Waals surface area contributed by atoms with Gasteiger partial charge in [-0.3, -0.25) is 4.79 Å². The number of carbonyl (C=O) groups excluding carboxylic acids is 1. The van der Waals surface area contributed by atoms with Crippen molar-refractivity contribution in [3.05, 3.63) is 43.8 Å². The first-order valence-corrected chi connectivity index (χ1v) is 7.55. The van der Waals surface area contributed by atoms with Crippen molar-refractivity contribution in [2.45, 2.75) is 13.5 Å². The van der Waals surface area contributed by atoms with E-state index >= 15 is 0 Å². The molecular weight excluding hydrogens is 276 g/mol. The summed E-state index contributed by atoms with van der Waals surface area (Å²) in [4.78, 5) is 13.8. The average molecular weight is 290 g/mol. The third-order valence-electron chi connectivity index (χ3n) is 2.48. The van der Waals surface area contributed by atoms with Gasteiger partial charge in [0.15, 0.2) is 0 Å². The molecule has 5 heteroatoms. The zero-order chi connectivity index (χ0) is 13.7. The maximum absolute atomic E-state index is 11.9. The highest BCUT2D eigenvalue weighted by molar-refractivity contribution is 7.12. The van der Waals surface area contributed by atoms with Crippen molar-refractivity contribution in [2.75, 3.05) is 6.54 Å². The van der Waals surface area contributed by atoms with Crippen LogP contribution in [-0.4, -0.2) is 12.5 Å². The molecule has 1 amide bonds. The van der Waals surface area contributed by atoms with Crippen molar-refractivity contribution in [3.8, 4) is 11.8 Å². The van der Waals surface area contributed by atoms with E-state index in [1.165, 1.54) is 11.3 Å². The molecule has 0 saturated carbocycles. The van der Waals surface area contributed by atoms with Gasteiger partial charge in [0.05, 0.1) is 18.0 Å². The Kier molecular flexibility index (Phi) is 4.74. The molecule has 0 aliphatic heterocycles. The lowest BCUT2D eigenvalue weighted by Crippen LogP contribution is -2.21. The number of hydrogen-bond donors (Lipinski definition) is 2. The monoisotopic (exact) mass is 290 g/mol. The fourth-order valence-corrected chi connectivity index (χ4v) is 3.14. The molecule has 0 saturated heterocycles. The Hall–Kier alpha value is -1.61. The quantitative estimate of drug-likeness (QED) is 0.853. The first kappa shape index (κ1) is 13.8. The SMILES string of the molecule is Cc1ccsc1C(=O)NCc1cc(C#CCN)cs1. The highest BCUT2D eigenvalue weighted by atomic mass is 32.1. The van der Waals surface area contributed by atoms with Gasteiger partial charge in [0.1, 0.15) is 0 Å². The van der Waals surface area contributed by atoms with Gasteiger partial charge >= 0.3 is 0 Å². The molecule has 0 radical (unpaired) electrons.